The maximum Gasteiger partial charge on any atom is 0.0342 e. The SMILES string of the molecule is C=C(CCC(=C)c1ccc2c(c1)CCC2)c1cccnc1. The van der Waals surface area contributed by atoms with Gasteiger partial charge in [-0.1, -0.05) is 37.4 Å². The smallest absolute Gasteiger partial charge is 0.0342 e. The van der Waals surface area contributed by atoms with E-state index in [0.29, 0.717) is 0 Å². The predicted molar refractivity (Wildman–Crippen MR) is 90.0 cm³/mol. The van der Waals surface area contributed by atoms with Crippen LogP contribution in [0.4, 0.5) is 0 Å². The fourth-order valence-electron chi connectivity index (χ4n) is 2.95. The topological polar surface area (TPSA) is 12.9 Å². The maximum absolute atomic E-state index is 4.26. The van der Waals surface area contributed by atoms with Crippen molar-refractivity contribution in [2.75, 3.05) is 0 Å². The van der Waals surface area contributed by atoms with Gasteiger partial charge in [0.25, 0.3) is 0 Å². The van der Waals surface area contributed by atoms with Crippen molar-refractivity contribution in [3.05, 3.63) is 78.1 Å². The predicted octanol–water partition coefficient (Wildman–Crippen LogP) is 5.08. The third-order valence-corrected chi connectivity index (χ3v) is 4.31. The van der Waals surface area contributed by atoms with E-state index in [4.69, 9.17) is 0 Å². The van der Waals surface area contributed by atoms with Crippen molar-refractivity contribution >= 4 is 11.1 Å². The number of allylic oxidation sites excluding steroid dienone is 2. The van der Waals surface area contributed by atoms with Crippen LogP contribution in [0.1, 0.15) is 41.5 Å². The molecule has 0 unspecified atom stereocenters. The molecule has 0 saturated carbocycles. The Kier molecular flexibility index (Phi) is 4.01. The number of hydrogen-bond acceptors (Lipinski definition) is 1. The molecule has 0 fully saturated rings. The highest BCUT2D eigenvalue weighted by atomic mass is 14.6. The summed E-state index contributed by atoms with van der Waals surface area (Å²) >= 11 is 0. The van der Waals surface area contributed by atoms with Crippen molar-refractivity contribution in [3.8, 4) is 0 Å². The molecule has 1 heteroatoms. The van der Waals surface area contributed by atoms with Crippen LogP contribution in [0.25, 0.3) is 11.1 Å². The molecule has 0 atom stereocenters. The molecular formula is C20H21N. The van der Waals surface area contributed by atoms with Gasteiger partial charge in [0.15, 0.2) is 0 Å². The average Bonchev–Trinajstić information content (AvgIpc) is 3.00. The van der Waals surface area contributed by atoms with Gasteiger partial charge in [0.2, 0.25) is 0 Å². The van der Waals surface area contributed by atoms with E-state index in [2.05, 4.69) is 42.4 Å². The summed E-state index contributed by atoms with van der Waals surface area (Å²) in [6, 6.07) is 10.8. The lowest BCUT2D eigenvalue weighted by molar-refractivity contribution is 0.911. The summed E-state index contributed by atoms with van der Waals surface area (Å²) < 4.78 is 0. The summed E-state index contributed by atoms with van der Waals surface area (Å²) in [7, 11) is 0. The molecule has 1 aromatic heterocycles. The van der Waals surface area contributed by atoms with E-state index in [9.17, 15) is 0 Å². The van der Waals surface area contributed by atoms with Crippen LogP contribution in [-0.2, 0) is 12.8 Å². The Morgan fingerprint density at radius 3 is 2.48 bits per heavy atom. The first-order valence-electron chi connectivity index (χ1n) is 7.62. The number of rotatable bonds is 5. The van der Waals surface area contributed by atoms with Crippen LogP contribution in [0, 0.1) is 0 Å². The van der Waals surface area contributed by atoms with Gasteiger partial charge in [-0.25, -0.2) is 0 Å². The zero-order chi connectivity index (χ0) is 14.7. The van der Waals surface area contributed by atoms with Crippen LogP contribution in [0.5, 0.6) is 0 Å². The molecule has 0 bridgehead atoms. The highest BCUT2D eigenvalue weighted by molar-refractivity contribution is 5.69. The molecule has 1 aromatic carbocycles. The molecule has 106 valence electrons. The van der Waals surface area contributed by atoms with E-state index in [1.54, 1.807) is 6.20 Å². The van der Waals surface area contributed by atoms with E-state index in [1.807, 2.05) is 12.3 Å². The fourth-order valence-corrected chi connectivity index (χ4v) is 2.95. The molecule has 0 saturated heterocycles. The van der Waals surface area contributed by atoms with Crippen molar-refractivity contribution in [3.63, 3.8) is 0 Å². The summed E-state index contributed by atoms with van der Waals surface area (Å²) in [6.45, 7) is 8.43. The third kappa shape index (κ3) is 3.13. The number of hydrogen-bond donors (Lipinski definition) is 0. The van der Waals surface area contributed by atoms with Gasteiger partial charge in [0, 0.05) is 12.4 Å². The van der Waals surface area contributed by atoms with Gasteiger partial charge in [-0.3, -0.25) is 4.98 Å². The summed E-state index contributed by atoms with van der Waals surface area (Å²) in [4.78, 5) is 4.15. The molecule has 21 heavy (non-hydrogen) atoms. The molecule has 2 aromatic rings. The fraction of sp³-hybridized carbons (Fsp3) is 0.250. The Morgan fingerprint density at radius 1 is 0.952 bits per heavy atom. The van der Waals surface area contributed by atoms with Gasteiger partial charge < -0.3 is 0 Å². The molecule has 1 aliphatic carbocycles. The summed E-state index contributed by atoms with van der Waals surface area (Å²) in [5, 5.41) is 0. The first kappa shape index (κ1) is 13.8. The second-order valence-corrected chi connectivity index (χ2v) is 5.79. The van der Waals surface area contributed by atoms with Crippen LogP contribution in [0.3, 0.4) is 0 Å². The molecule has 0 spiro atoms. The van der Waals surface area contributed by atoms with Gasteiger partial charge in [0.05, 0.1) is 0 Å². The number of aryl methyl sites for hydroxylation is 2. The molecule has 0 amide bonds. The Balaban J connectivity index is 1.63. The molecule has 1 heterocycles. The van der Waals surface area contributed by atoms with Crippen molar-refractivity contribution in [2.45, 2.75) is 32.1 Å². The normalized spacial score (nSPS) is 13.0. The molecule has 1 nitrogen and oxygen atoms in total. The third-order valence-electron chi connectivity index (χ3n) is 4.31. The lowest BCUT2D eigenvalue weighted by atomic mass is 9.95. The van der Waals surface area contributed by atoms with Crippen molar-refractivity contribution in [1.29, 1.82) is 0 Å². The van der Waals surface area contributed by atoms with E-state index >= 15 is 0 Å². The minimum absolute atomic E-state index is 0.932. The first-order valence-corrected chi connectivity index (χ1v) is 7.62. The molecule has 0 aliphatic heterocycles. The number of benzene rings is 1. The van der Waals surface area contributed by atoms with Crippen LogP contribution >= 0.6 is 0 Å². The van der Waals surface area contributed by atoms with Gasteiger partial charge in [0.1, 0.15) is 0 Å². The molecular weight excluding hydrogens is 254 g/mol. The zero-order valence-corrected chi connectivity index (χ0v) is 12.4. The molecule has 1 aliphatic rings. The first-order chi connectivity index (χ1) is 10.2. The van der Waals surface area contributed by atoms with Gasteiger partial charge in [-0.2, -0.15) is 0 Å². The monoisotopic (exact) mass is 275 g/mol. The summed E-state index contributed by atoms with van der Waals surface area (Å²) in [6.07, 6.45) is 9.30. The lowest BCUT2D eigenvalue weighted by Crippen LogP contribution is -1.90. The Morgan fingerprint density at radius 2 is 1.71 bits per heavy atom. The maximum atomic E-state index is 4.26. The number of nitrogens with zero attached hydrogens (tertiary/aromatic N) is 1. The van der Waals surface area contributed by atoms with Crippen molar-refractivity contribution in [1.82, 2.24) is 4.98 Å². The molecule has 0 N–H and O–H groups in total. The van der Waals surface area contributed by atoms with E-state index < -0.39 is 0 Å². The highest BCUT2D eigenvalue weighted by Crippen LogP contribution is 2.28. The zero-order valence-electron chi connectivity index (χ0n) is 12.4. The highest BCUT2D eigenvalue weighted by Gasteiger charge is 2.11. The summed E-state index contributed by atoms with van der Waals surface area (Å²) in [5.74, 6) is 0. The summed E-state index contributed by atoms with van der Waals surface area (Å²) in [5.41, 5.74) is 7.78. The minimum atomic E-state index is 0.932. The number of aromatic nitrogens is 1. The Labute approximate surface area is 127 Å². The standard InChI is InChI=1S/C20H21N/c1-15(8-9-16(2)20-7-4-12-21-14-20)18-11-10-17-5-3-6-19(17)13-18/h4,7,10-14H,1-3,5-6,8-9H2. The van der Waals surface area contributed by atoms with Crippen molar-refractivity contribution < 1.29 is 0 Å². The van der Waals surface area contributed by atoms with Gasteiger partial charge in [-0.15, -0.1) is 0 Å². The number of fused-ring (bicyclic) bond motifs is 1. The second kappa shape index (κ2) is 6.09. The van der Waals surface area contributed by atoms with E-state index in [0.717, 1.165) is 24.0 Å². The minimum Gasteiger partial charge on any atom is -0.264 e. The number of pyridine rings is 1. The van der Waals surface area contributed by atoms with Crippen molar-refractivity contribution in [2.24, 2.45) is 0 Å². The Bertz CT molecular complexity index is 667. The van der Waals surface area contributed by atoms with Gasteiger partial charge in [-0.05, 0) is 71.6 Å². The van der Waals surface area contributed by atoms with Crippen LogP contribution in [0.2, 0.25) is 0 Å². The van der Waals surface area contributed by atoms with Gasteiger partial charge >= 0.3 is 0 Å². The van der Waals surface area contributed by atoms with Crippen LogP contribution in [0.15, 0.2) is 55.9 Å². The lowest BCUT2D eigenvalue weighted by Gasteiger charge is -2.10. The Hall–Kier alpha value is -2.15. The van der Waals surface area contributed by atoms with E-state index in [-0.39, 0.29) is 0 Å². The molecule has 3 rings (SSSR count). The van der Waals surface area contributed by atoms with Crippen LogP contribution in [-0.4, -0.2) is 4.98 Å². The quantitative estimate of drug-likeness (QED) is 0.741. The average molecular weight is 275 g/mol. The van der Waals surface area contributed by atoms with Crippen LogP contribution < -0.4 is 0 Å². The molecule has 0 radical (unpaired) electrons. The second-order valence-electron chi connectivity index (χ2n) is 5.79. The largest absolute Gasteiger partial charge is 0.264 e. The van der Waals surface area contributed by atoms with E-state index in [1.165, 1.54) is 41.5 Å².